The summed E-state index contributed by atoms with van der Waals surface area (Å²) in [6.45, 7) is 0. The van der Waals surface area contributed by atoms with Crippen molar-refractivity contribution in [2.45, 2.75) is 5.16 Å². The van der Waals surface area contributed by atoms with Crippen molar-refractivity contribution in [3.63, 3.8) is 0 Å². The topological polar surface area (TPSA) is 98.9 Å². The van der Waals surface area contributed by atoms with E-state index in [9.17, 15) is 14.9 Å². The van der Waals surface area contributed by atoms with Crippen LogP contribution in [0.1, 0.15) is 10.4 Å². The highest BCUT2D eigenvalue weighted by atomic mass is 79.9. The molecule has 1 aromatic heterocycles. The van der Waals surface area contributed by atoms with Crippen molar-refractivity contribution < 1.29 is 9.72 Å². The van der Waals surface area contributed by atoms with Crippen molar-refractivity contribution in [2.24, 2.45) is 0 Å². The van der Waals surface area contributed by atoms with Gasteiger partial charge >= 0.3 is 0 Å². The molecular formula is C23H14Br2N4O3S. The average molecular weight is 586 g/mol. The van der Waals surface area contributed by atoms with Gasteiger partial charge in [-0.15, -0.1) is 10.2 Å². The van der Waals surface area contributed by atoms with Crippen LogP contribution < -0.4 is 0 Å². The van der Waals surface area contributed by atoms with Crippen molar-refractivity contribution in [3.8, 4) is 22.5 Å². The summed E-state index contributed by atoms with van der Waals surface area (Å²) in [5.74, 6) is -0.227. The first kappa shape index (κ1) is 23.2. The first-order valence-corrected chi connectivity index (χ1v) is 12.1. The van der Waals surface area contributed by atoms with Gasteiger partial charge in [-0.2, -0.15) is 0 Å². The molecule has 0 aliphatic carbocycles. The first-order valence-electron chi connectivity index (χ1n) is 9.58. The van der Waals surface area contributed by atoms with E-state index in [0.717, 1.165) is 31.8 Å². The zero-order chi connectivity index (χ0) is 23.4. The Kier molecular flexibility index (Phi) is 7.26. The summed E-state index contributed by atoms with van der Waals surface area (Å²) in [4.78, 5) is 27.7. The number of hydrogen-bond acceptors (Lipinski definition) is 7. The van der Waals surface area contributed by atoms with E-state index in [2.05, 4.69) is 47.0 Å². The van der Waals surface area contributed by atoms with Crippen LogP contribution in [-0.4, -0.2) is 31.6 Å². The molecule has 0 spiro atoms. The van der Waals surface area contributed by atoms with Crippen LogP contribution in [0.3, 0.4) is 0 Å². The predicted octanol–water partition coefficient (Wildman–Crippen LogP) is 6.61. The van der Waals surface area contributed by atoms with Gasteiger partial charge in [0.2, 0.25) is 5.16 Å². The highest BCUT2D eigenvalue weighted by Crippen LogP contribution is 2.31. The number of nitro groups is 1. The molecule has 0 saturated heterocycles. The number of aromatic nitrogens is 3. The lowest BCUT2D eigenvalue weighted by molar-refractivity contribution is -0.384. The number of thioether (sulfide) groups is 1. The number of hydrogen-bond donors (Lipinski definition) is 0. The molecule has 4 aromatic rings. The minimum absolute atomic E-state index is 0.0280. The number of carbonyl (C=O) groups is 1. The normalized spacial score (nSPS) is 10.7. The second-order valence-corrected chi connectivity index (χ2v) is 9.60. The maximum atomic E-state index is 12.6. The van der Waals surface area contributed by atoms with Crippen LogP contribution in [-0.2, 0) is 0 Å². The molecule has 33 heavy (non-hydrogen) atoms. The third-order valence-electron chi connectivity index (χ3n) is 4.61. The Bertz CT molecular complexity index is 1330. The number of benzene rings is 3. The Morgan fingerprint density at radius 2 is 1.48 bits per heavy atom. The molecule has 1 heterocycles. The summed E-state index contributed by atoms with van der Waals surface area (Å²) in [5, 5.41) is 19.9. The minimum Gasteiger partial charge on any atom is -0.293 e. The van der Waals surface area contributed by atoms with E-state index in [1.54, 1.807) is 6.07 Å². The Labute approximate surface area is 210 Å². The summed E-state index contributed by atoms with van der Waals surface area (Å²) in [6.07, 6.45) is 0. The van der Waals surface area contributed by atoms with E-state index in [1.165, 1.54) is 18.2 Å². The molecule has 0 fully saturated rings. The van der Waals surface area contributed by atoms with Crippen LogP contribution in [0.2, 0.25) is 0 Å². The number of non-ortho nitro benzene ring substituents is 1. The lowest BCUT2D eigenvalue weighted by atomic mass is 10.0. The number of rotatable bonds is 7. The smallest absolute Gasteiger partial charge is 0.270 e. The quantitative estimate of drug-likeness (QED) is 0.104. The van der Waals surface area contributed by atoms with E-state index in [4.69, 9.17) is 0 Å². The van der Waals surface area contributed by atoms with E-state index in [0.29, 0.717) is 16.5 Å². The second kappa shape index (κ2) is 10.3. The monoisotopic (exact) mass is 584 g/mol. The van der Waals surface area contributed by atoms with Gasteiger partial charge in [0.1, 0.15) is 11.4 Å². The molecule has 0 N–H and O–H groups in total. The number of ketones is 1. The molecule has 0 unspecified atom stereocenters. The number of carbonyl (C=O) groups excluding carboxylic acids is 1. The minimum atomic E-state index is -0.526. The summed E-state index contributed by atoms with van der Waals surface area (Å²) >= 11 is 8.02. The van der Waals surface area contributed by atoms with Gasteiger partial charge < -0.3 is 0 Å². The molecule has 4 rings (SSSR count). The molecule has 0 aliphatic heterocycles. The fourth-order valence-corrected chi connectivity index (χ4v) is 4.20. The number of Topliss-reactive ketones (excluding diaryl/α,β-unsaturated/α-hetero) is 1. The van der Waals surface area contributed by atoms with Crippen molar-refractivity contribution in [3.05, 3.63) is 97.4 Å². The van der Waals surface area contributed by atoms with E-state index in [1.807, 2.05) is 48.5 Å². The van der Waals surface area contributed by atoms with E-state index in [-0.39, 0.29) is 22.8 Å². The molecule has 7 nitrogen and oxygen atoms in total. The molecular weight excluding hydrogens is 572 g/mol. The zero-order valence-corrected chi connectivity index (χ0v) is 20.8. The molecule has 164 valence electrons. The van der Waals surface area contributed by atoms with Crippen LogP contribution in [0.4, 0.5) is 5.69 Å². The third-order valence-corrected chi connectivity index (χ3v) is 6.51. The second-order valence-electron chi connectivity index (χ2n) is 6.82. The predicted molar refractivity (Wildman–Crippen MR) is 134 cm³/mol. The number of nitrogens with zero attached hydrogens (tertiary/aromatic N) is 4. The largest absolute Gasteiger partial charge is 0.293 e. The first-order chi connectivity index (χ1) is 15.9. The van der Waals surface area contributed by atoms with Gasteiger partial charge in [-0.25, -0.2) is 4.98 Å². The number of nitro benzene ring substituents is 1. The van der Waals surface area contributed by atoms with Crippen molar-refractivity contribution in [1.82, 2.24) is 15.2 Å². The van der Waals surface area contributed by atoms with Crippen LogP contribution in [0, 0.1) is 10.1 Å². The summed E-state index contributed by atoms with van der Waals surface area (Å²) in [6, 6.07) is 21.1. The molecule has 0 atom stereocenters. The molecule has 0 aliphatic rings. The van der Waals surface area contributed by atoms with Crippen LogP contribution in [0.15, 0.2) is 86.9 Å². The maximum Gasteiger partial charge on any atom is 0.270 e. The maximum absolute atomic E-state index is 12.6. The van der Waals surface area contributed by atoms with E-state index >= 15 is 0 Å². The summed E-state index contributed by atoms with van der Waals surface area (Å²) in [5.41, 5.74) is 3.13. The zero-order valence-electron chi connectivity index (χ0n) is 16.8. The Morgan fingerprint density at radius 3 is 2.09 bits per heavy atom. The van der Waals surface area contributed by atoms with Crippen LogP contribution in [0.5, 0.6) is 0 Å². The lowest BCUT2D eigenvalue weighted by Gasteiger charge is -2.10. The van der Waals surface area contributed by atoms with Gasteiger partial charge in [-0.1, -0.05) is 80.0 Å². The molecule has 0 saturated carbocycles. The fourth-order valence-electron chi connectivity index (χ4n) is 2.99. The molecule has 0 amide bonds. The van der Waals surface area contributed by atoms with Crippen LogP contribution >= 0.6 is 43.6 Å². The Hall–Kier alpha value is -2.95. The summed E-state index contributed by atoms with van der Waals surface area (Å²) in [7, 11) is 0. The molecule has 0 bridgehead atoms. The van der Waals surface area contributed by atoms with Gasteiger partial charge in [0.15, 0.2) is 5.78 Å². The van der Waals surface area contributed by atoms with Gasteiger partial charge in [0.25, 0.3) is 5.69 Å². The van der Waals surface area contributed by atoms with Gasteiger partial charge in [0.05, 0.1) is 10.7 Å². The van der Waals surface area contributed by atoms with Gasteiger partial charge in [0, 0.05) is 37.8 Å². The number of halogens is 2. The Balaban J connectivity index is 1.63. The SMILES string of the molecule is O=C(CSc1nnc(-c2ccc(Br)cc2)c(-c2ccc(Br)cc2)n1)c1cccc([N+](=O)[O-])c1. The molecule has 10 heteroatoms. The van der Waals surface area contributed by atoms with Crippen molar-refractivity contribution in [2.75, 3.05) is 5.75 Å². The standard InChI is InChI=1S/C23H14Br2N4O3S/c24-17-8-4-14(5-9-17)21-22(15-6-10-18(25)11-7-15)27-28-23(26-21)33-13-20(30)16-2-1-3-19(12-16)29(31)32/h1-12H,13H2. The third kappa shape index (κ3) is 5.70. The van der Waals surface area contributed by atoms with Crippen LogP contribution in [0.25, 0.3) is 22.5 Å². The lowest BCUT2D eigenvalue weighted by Crippen LogP contribution is -2.05. The highest BCUT2D eigenvalue weighted by molar-refractivity contribution is 9.10. The highest BCUT2D eigenvalue weighted by Gasteiger charge is 2.16. The van der Waals surface area contributed by atoms with E-state index < -0.39 is 4.92 Å². The summed E-state index contributed by atoms with van der Waals surface area (Å²) < 4.78 is 1.89. The van der Waals surface area contributed by atoms with Gasteiger partial charge in [-0.3, -0.25) is 14.9 Å². The molecule has 3 aromatic carbocycles. The van der Waals surface area contributed by atoms with Gasteiger partial charge in [-0.05, 0) is 24.3 Å². The molecule has 0 radical (unpaired) electrons. The Morgan fingerprint density at radius 1 is 0.879 bits per heavy atom. The fraction of sp³-hybridized carbons (Fsp3) is 0.0435. The van der Waals surface area contributed by atoms with Crippen molar-refractivity contribution >= 4 is 55.1 Å². The van der Waals surface area contributed by atoms with Crippen molar-refractivity contribution in [1.29, 1.82) is 0 Å². The average Bonchev–Trinajstić information content (AvgIpc) is 2.83.